The molecule has 0 aliphatic heterocycles. The van der Waals surface area contributed by atoms with Crippen LogP contribution in [0.3, 0.4) is 0 Å². The van der Waals surface area contributed by atoms with Gasteiger partial charge in [0, 0.05) is 0 Å². The predicted octanol–water partition coefficient (Wildman–Crippen LogP) is 4.89. The first-order valence-corrected chi connectivity index (χ1v) is 6.57. The lowest BCUT2D eigenvalue weighted by atomic mass is 9.85. The summed E-state index contributed by atoms with van der Waals surface area (Å²) >= 11 is 0. The van der Waals surface area contributed by atoms with Crippen LogP contribution in [0, 0.1) is 5.92 Å². The molecule has 0 spiro atoms. The van der Waals surface area contributed by atoms with Gasteiger partial charge >= 0.3 is 0 Å². The summed E-state index contributed by atoms with van der Waals surface area (Å²) < 4.78 is 0. The highest BCUT2D eigenvalue weighted by molar-refractivity contribution is 5.29. The van der Waals surface area contributed by atoms with Crippen LogP contribution >= 0.6 is 0 Å². The van der Waals surface area contributed by atoms with Crippen molar-refractivity contribution >= 4 is 0 Å². The lowest BCUT2D eigenvalue weighted by Gasteiger charge is -2.20. The number of rotatable bonds is 1. The van der Waals surface area contributed by atoms with E-state index in [0.717, 1.165) is 11.8 Å². The summed E-state index contributed by atoms with van der Waals surface area (Å²) in [6.45, 7) is 9.21. The second kappa shape index (κ2) is 4.24. The first-order valence-electron chi connectivity index (χ1n) is 6.57. The second-order valence-corrected chi connectivity index (χ2v) is 6.49. The number of benzene rings is 1. The van der Waals surface area contributed by atoms with Gasteiger partial charge in [0.05, 0.1) is 0 Å². The van der Waals surface area contributed by atoms with Crippen molar-refractivity contribution < 1.29 is 0 Å². The fourth-order valence-corrected chi connectivity index (χ4v) is 2.77. The van der Waals surface area contributed by atoms with Gasteiger partial charge < -0.3 is 0 Å². The Balaban J connectivity index is 2.14. The quantitative estimate of drug-likeness (QED) is 0.627. The van der Waals surface area contributed by atoms with E-state index < -0.39 is 0 Å². The maximum atomic E-state index is 2.38. The Morgan fingerprint density at radius 3 is 2.06 bits per heavy atom. The fraction of sp³-hybridized carbons (Fsp3) is 0.625. The third-order valence-electron chi connectivity index (χ3n) is 3.94. The standard InChI is InChI=1S/C16H24/c1-12-5-6-14(11-12)13-7-9-15(10-8-13)16(2,3)4/h7-10,12,14H,5-6,11H2,1-4H3/t12-,14?/m1/s1. The third-order valence-corrected chi connectivity index (χ3v) is 3.94. The second-order valence-electron chi connectivity index (χ2n) is 6.49. The lowest BCUT2D eigenvalue weighted by Crippen LogP contribution is -2.10. The molecule has 0 heteroatoms. The highest BCUT2D eigenvalue weighted by Crippen LogP contribution is 2.38. The van der Waals surface area contributed by atoms with Gasteiger partial charge in [-0.1, -0.05) is 58.4 Å². The van der Waals surface area contributed by atoms with Gasteiger partial charge in [-0.25, -0.2) is 0 Å². The molecular weight excluding hydrogens is 192 g/mol. The molecule has 1 saturated carbocycles. The molecule has 1 fully saturated rings. The molecule has 1 aliphatic rings. The van der Waals surface area contributed by atoms with Gasteiger partial charge in [0.25, 0.3) is 0 Å². The average Bonchev–Trinajstić information content (AvgIpc) is 2.64. The molecule has 0 aromatic heterocycles. The average molecular weight is 216 g/mol. The summed E-state index contributed by atoms with van der Waals surface area (Å²) in [5.41, 5.74) is 3.28. The van der Waals surface area contributed by atoms with Crippen LogP contribution in [0.4, 0.5) is 0 Å². The van der Waals surface area contributed by atoms with Crippen molar-refractivity contribution in [2.24, 2.45) is 5.92 Å². The van der Waals surface area contributed by atoms with Crippen molar-refractivity contribution in [3.8, 4) is 0 Å². The Labute approximate surface area is 100 Å². The van der Waals surface area contributed by atoms with Crippen molar-refractivity contribution in [2.45, 2.75) is 58.3 Å². The molecule has 2 atom stereocenters. The molecule has 1 aromatic carbocycles. The minimum absolute atomic E-state index is 0.279. The molecule has 0 bridgehead atoms. The molecule has 1 aliphatic carbocycles. The Morgan fingerprint density at radius 2 is 1.62 bits per heavy atom. The van der Waals surface area contributed by atoms with Gasteiger partial charge in [0.15, 0.2) is 0 Å². The topological polar surface area (TPSA) is 0 Å². The zero-order valence-electron chi connectivity index (χ0n) is 11.1. The van der Waals surface area contributed by atoms with E-state index in [0.29, 0.717) is 0 Å². The van der Waals surface area contributed by atoms with Gasteiger partial charge in [0.2, 0.25) is 0 Å². The first-order chi connectivity index (χ1) is 7.47. The molecule has 16 heavy (non-hydrogen) atoms. The molecule has 0 amide bonds. The number of hydrogen-bond donors (Lipinski definition) is 0. The summed E-state index contributed by atoms with van der Waals surface area (Å²) in [5.74, 6) is 1.75. The van der Waals surface area contributed by atoms with E-state index in [2.05, 4.69) is 52.0 Å². The van der Waals surface area contributed by atoms with Gasteiger partial charge in [-0.2, -0.15) is 0 Å². The normalized spacial score (nSPS) is 26.0. The smallest absolute Gasteiger partial charge is 0.0132 e. The Morgan fingerprint density at radius 1 is 1.00 bits per heavy atom. The van der Waals surface area contributed by atoms with Gasteiger partial charge in [-0.05, 0) is 41.2 Å². The van der Waals surface area contributed by atoms with Gasteiger partial charge in [-0.3, -0.25) is 0 Å². The molecule has 88 valence electrons. The van der Waals surface area contributed by atoms with Crippen molar-refractivity contribution in [1.82, 2.24) is 0 Å². The van der Waals surface area contributed by atoms with Crippen LogP contribution in [0.15, 0.2) is 24.3 Å². The largest absolute Gasteiger partial charge is 0.0625 e. The maximum Gasteiger partial charge on any atom is -0.0132 e. The van der Waals surface area contributed by atoms with E-state index in [-0.39, 0.29) is 5.41 Å². The molecule has 1 unspecified atom stereocenters. The zero-order chi connectivity index (χ0) is 11.8. The van der Waals surface area contributed by atoms with Crippen LogP contribution in [0.25, 0.3) is 0 Å². The van der Waals surface area contributed by atoms with Crippen LogP contribution < -0.4 is 0 Å². The van der Waals surface area contributed by atoms with Crippen LogP contribution in [0.5, 0.6) is 0 Å². The van der Waals surface area contributed by atoms with E-state index in [1.165, 1.54) is 24.8 Å². The summed E-state index contributed by atoms with van der Waals surface area (Å²) in [4.78, 5) is 0. The fourth-order valence-electron chi connectivity index (χ4n) is 2.77. The summed E-state index contributed by atoms with van der Waals surface area (Å²) in [5, 5.41) is 0. The van der Waals surface area contributed by atoms with Crippen LogP contribution in [-0.4, -0.2) is 0 Å². The van der Waals surface area contributed by atoms with E-state index in [4.69, 9.17) is 0 Å². The molecular formula is C16H24. The number of hydrogen-bond acceptors (Lipinski definition) is 0. The molecule has 1 aromatic rings. The SMILES string of the molecule is C[C@@H]1CCC(c2ccc(C(C)(C)C)cc2)C1. The van der Waals surface area contributed by atoms with E-state index in [9.17, 15) is 0 Å². The molecule has 2 rings (SSSR count). The van der Waals surface area contributed by atoms with Crippen molar-refractivity contribution in [2.75, 3.05) is 0 Å². The van der Waals surface area contributed by atoms with Crippen molar-refractivity contribution in [3.63, 3.8) is 0 Å². The minimum Gasteiger partial charge on any atom is -0.0625 e. The lowest BCUT2D eigenvalue weighted by molar-refractivity contribution is 0.586. The van der Waals surface area contributed by atoms with E-state index in [1.54, 1.807) is 5.56 Å². The monoisotopic (exact) mass is 216 g/mol. The highest BCUT2D eigenvalue weighted by atomic mass is 14.3. The molecule has 0 N–H and O–H groups in total. The Hall–Kier alpha value is -0.780. The summed E-state index contributed by atoms with van der Waals surface area (Å²) in [6.07, 6.45) is 4.18. The third kappa shape index (κ3) is 2.48. The van der Waals surface area contributed by atoms with Crippen molar-refractivity contribution in [1.29, 1.82) is 0 Å². The van der Waals surface area contributed by atoms with Crippen LogP contribution in [0.1, 0.15) is 64.0 Å². The summed E-state index contributed by atoms with van der Waals surface area (Å²) in [6, 6.07) is 9.34. The van der Waals surface area contributed by atoms with Crippen LogP contribution in [-0.2, 0) is 5.41 Å². The molecule has 0 heterocycles. The Bertz CT molecular complexity index is 339. The minimum atomic E-state index is 0.279. The van der Waals surface area contributed by atoms with Gasteiger partial charge in [-0.15, -0.1) is 0 Å². The molecule has 0 saturated heterocycles. The highest BCUT2D eigenvalue weighted by Gasteiger charge is 2.23. The predicted molar refractivity (Wildman–Crippen MR) is 70.9 cm³/mol. The van der Waals surface area contributed by atoms with Crippen molar-refractivity contribution in [3.05, 3.63) is 35.4 Å². The first kappa shape index (κ1) is 11.7. The van der Waals surface area contributed by atoms with E-state index >= 15 is 0 Å². The summed E-state index contributed by atoms with van der Waals surface area (Å²) in [7, 11) is 0. The molecule has 0 nitrogen and oxygen atoms in total. The Kier molecular flexibility index (Phi) is 3.10. The van der Waals surface area contributed by atoms with Crippen LogP contribution in [0.2, 0.25) is 0 Å². The zero-order valence-corrected chi connectivity index (χ0v) is 11.1. The molecule has 0 radical (unpaired) electrons. The van der Waals surface area contributed by atoms with E-state index in [1.807, 2.05) is 0 Å². The maximum absolute atomic E-state index is 2.38. The van der Waals surface area contributed by atoms with Gasteiger partial charge in [0.1, 0.15) is 0 Å².